The molecule has 0 unspecified atom stereocenters. The summed E-state index contributed by atoms with van der Waals surface area (Å²) in [6, 6.07) is 11.7. The molecule has 0 saturated carbocycles. The van der Waals surface area contributed by atoms with Crippen LogP contribution in [0.5, 0.6) is 0 Å². The molecule has 0 atom stereocenters. The van der Waals surface area contributed by atoms with E-state index in [2.05, 4.69) is 49.8 Å². The zero-order valence-corrected chi connectivity index (χ0v) is 19.0. The van der Waals surface area contributed by atoms with Crippen molar-refractivity contribution >= 4 is 27.3 Å². The van der Waals surface area contributed by atoms with Crippen molar-refractivity contribution in [1.29, 1.82) is 0 Å². The Balaban J connectivity index is 1.45. The maximum atomic E-state index is 12.6. The number of rotatable bonds is 6. The van der Waals surface area contributed by atoms with Gasteiger partial charge >= 0.3 is 0 Å². The third-order valence-electron chi connectivity index (χ3n) is 5.38. The summed E-state index contributed by atoms with van der Waals surface area (Å²) in [6.07, 6.45) is 2.52. The van der Waals surface area contributed by atoms with Gasteiger partial charge < -0.3 is 4.90 Å². The number of hydrogen-bond acceptors (Lipinski definition) is 4. The molecule has 0 bridgehead atoms. The van der Waals surface area contributed by atoms with Gasteiger partial charge in [-0.1, -0.05) is 51.1 Å². The number of benzene rings is 1. The highest BCUT2D eigenvalue weighted by Gasteiger charge is 2.27. The number of amides is 1. The number of aryl methyl sites for hydroxylation is 1. The molecule has 1 aromatic heterocycles. The lowest BCUT2D eigenvalue weighted by molar-refractivity contribution is -0.132. The van der Waals surface area contributed by atoms with Gasteiger partial charge in [0.2, 0.25) is 15.9 Å². The average Bonchev–Trinajstić information content (AvgIpc) is 3.22. The summed E-state index contributed by atoms with van der Waals surface area (Å²) < 4.78 is 27.8. The van der Waals surface area contributed by atoms with Gasteiger partial charge in [0.25, 0.3) is 0 Å². The van der Waals surface area contributed by atoms with Gasteiger partial charge in [-0.2, -0.15) is 0 Å². The fraction of sp³-hybridized carbons (Fsp3) is 0.500. The summed E-state index contributed by atoms with van der Waals surface area (Å²) in [4.78, 5) is 14.4. The van der Waals surface area contributed by atoms with Gasteiger partial charge in [0.1, 0.15) is 4.21 Å². The summed E-state index contributed by atoms with van der Waals surface area (Å²) in [6.45, 7) is 7.76. The number of thiophene rings is 1. The van der Waals surface area contributed by atoms with Crippen molar-refractivity contribution in [1.82, 2.24) is 9.62 Å². The van der Waals surface area contributed by atoms with Crippen LogP contribution in [0.3, 0.4) is 0 Å². The first-order valence-corrected chi connectivity index (χ1v) is 12.4. The quantitative estimate of drug-likeness (QED) is 0.749. The number of piperidine rings is 1. The Labute approximate surface area is 178 Å². The van der Waals surface area contributed by atoms with E-state index >= 15 is 0 Å². The average molecular weight is 435 g/mol. The third kappa shape index (κ3) is 5.90. The number of carbonyl (C=O) groups excluding carboxylic acids is 1. The Morgan fingerprint density at radius 2 is 1.79 bits per heavy atom. The molecule has 158 valence electrons. The molecular formula is C22H30N2O3S2. The van der Waals surface area contributed by atoms with Crippen molar-refractivity contribution in [2.45, 2.75) is 62.1 Å². The monoisotopic (exact) mass is 434 g/mol. The van der Waals surface area contributed by atoms with Crippen LogP contribution in [0.15, 0.2) is 46.0 Å². The van der Waals surface area contributed by atoms with E-state index in [1.165, 1.54) is 22.5 Å². The van der Waals surface area contributed by atoms with Crippen molar-refractivity contribution in [3.63, 3.8) is 0 Å². The van der Waals surface area contributed by atoms with E-state index in [1.807, 2.05) is 4.90 Å². The molecule has 1 saturated heterocycles. The van der Waals surface area contributed by atoms with Crippen molar-refractivity contribution in [3.8, 4) is 0 Å². The second-order valence-corrected chi connectivity index (χ2v) is 11.5. The minimum Gasteiger partial charge on any atom is -0.343 e. The van der Waals surface area contributed by atoms with Gasteiger partial charge in [-0.25, -0.2) is 13.1 Å². The van der Waals surface area contributed by atoms with Gasteiger partial charge in [-0.15, -0.1) is 11.3 Å². The zero-order chi connectivity index (χ0) is 21.1. The Bertz CT molecular complexity index is 906. The summed E-state index contributed by atoms with van der Waals surface area (Å²) in [5.74, 6) is 0.143. The lowest BCUT2D eigenvalue weighted by atomic mass is 9.86. The summed E-state index contributed by atoms with van der Waals surface area (Å²) >= 11 is 1.22. The molecule has 0 aliphatic carbocycles. The first kappa shape index (κ1) is 22.0. The van der Waals surface area contributed by atoms with Crippen LogP contribution >= 0.6 is 11.3 Å². The van der Waals surface area contributed by atoms with Crippen LogP contribution in [0.25, 0.3) is 0 Å². The molecule has 29 heavy (non-hydrogen) atoms. The molecule has 1 aliphatic heterocycles. The van der Waals surface area contributed by atoms with E-state index < -0.39 is 10.0 Å². The number of hydrogen-bond donors (Lipinski definition) is 1. The van der Waals surface area contributed by atoms with Crippen LogP contribution in [0.1, 0.15) is 51.2 Å². The maximum absolute atomic E-state index is 12.6. The van der Waals surface area contributed by atoms with E-state index in [1.54, 1.807) is 17.5 Å². The Morgan fingerprint density at radius 3 is 2.34 bits per heavy atom. The van der Waals surface area contributed by atoms with Crippen LogP contribution in [-0.2, 0) is 26.7 Å². The topological polar surface area (TPSA) is 66.5 Å². The van der Waals surface area contributed by atoms with Crippen molar-refractivity contribution in [2.24, 2.45) is 0 Å². The molecule has 3 rings (SSSR count). The number of nitrogens with one attached hydrogen (secondary N) is 1. The highest BCUT2D eigenvalue weighted by molar-refractivity contribution is 7.91. The highest BCUT2D eigenvalue weighted by atomic mass is 32.2. The number of nitrogens with zero attached hydrogens (tertiary/aromatic N) is 1. The van der Waals surface area contributed by atoms with Crippen LogP contribution in [0, 0.1) is 0 Å². The second kappa shape index (κ2) is 8.98. The molecule has 1 aromatic carbocycles. The molecule has 2 aromatic rings. The molecule has 0 spiro atoms. The fourth-order valence-corrected chi connectivity index (χ4v) is 5.84. The van der Waals surface area contributed by atoms with Crippen LogP contribution in [0.4, 0.5) is 0 Å². The Hall–Kier alpha value is -1.70. The van der Waals surface area contributed by atoms with Crippen LogP contribution in [0.2, 0.25) is 0 Å². The van der Waals surface area contributed by atoms with Crippen LogP contribution in [-0.4, -0.2) is 38.4 Å². The van der Waals surface area contributed by atoms with Crippen molar-refractivity contribution in [2.75, 3.05) is 13.1 Å². The molecular weight excluding hydrogens is 404 g/mol. The molecule has 1 fully saturated rings. The van der Waals surface area contributed by atoms with E-state index in [4.69, 9.17) is 0 Å². The molecule has 7 heteroatoms. The largest absolute Gasteiger partial charge is 0.343 e. The summed E-state index contributed by atoms with van der Waals surface area (Å²) in [5.41, 5.74) is 2.59. The number of likely N-dealkylation sites (tertiary alicyclic amines) is 1. The molecule has 1 amide bonds. The lowest BCUT2D eigenvalue weighted by Crippen LogP contribution is -2.46. The minimum absolute atomic E-state index is 0.115. The highest BCUT2D eigenvalue weighted by Crippen LogP contribution is 2.23. The van der Waals surface area contributed by atoms with Crippen molar-refractivity contribution < 1.29 is 13.2 Å². The van der Waals surface area contributed by atoms with Crippen LogP contribution < -0.4 is 4.72 Å². The minimum atomic E-state index is -3.45. The number of sulfonamides is 1. The summed E-state index contributed by atoms with van der Waals surface area (Å²) in [7, 11) is -3.45. The Kier molecular flexibility index (Phi) is 6.81. The van der Waals surface area contributed by atoms with Gasteiger partial charge in [0.15, 0.2) is 0 Å². The standard InChI is InChI=1S/C22H30N2O3S2/c1-22(2,3)18-9-6-17(7-10-18)8-11-20(25)24-14-12-19(13-15-24)23-29(26,27)21-5-4-16-28-21/h4-7,9-10,16,19,23H,8,11-15H2,1-3H3. The van der Waals surface area contributed by atoms with Crippen molar-refractivity contribution in [3.05, 3.63) is 52.9 Å². The second-order valence-electron chi connectivity index (χ2n) is 8.66. The van der Waals surface area contributed by atoms with E-state index in [0.29, 0.717) is 36.6 Å². The Morgan fingerprint density at radius 1 is 1.14 bits per heavy atom. The maximum Gasteiger partial charge on any atom is 0.250 e. The fourth-order valence-electron chi connectivity index (χ4n) is 3.52. The van der Waals surface area contributed by atoms with E-state index in [0.717, 1.165) is 6.42 Å². The predicted octanol–water partition coefficient (Wildman–Crippen LogP) is 3.95. The van der Waals surface area contributed by atoms with Gasteiger partial charge in [-0.05, 0) is 47.3 Å². The molecule has 0 radical (unpaired) electrons. The molecule has 1 N–H and O–H groups in total. The first-order chi connectivity index (χ1) is 13.6. The van der Waals surface area contributed by atoms with E-state index in [-0.39, 0.29) is 17.4 Å². The molecule has 1 aliphatic rings. The zero-order valence-electron chi connectivity index (χ0n) is 17.3. The third-order valence-corrected chi connectivity index (χ3v) is 8.29. The molecule has 2 heterocycles. The van der Waals surface area contributed by atoms with E-state index in [9.17, 15) is 13.2 Å². The van der Waals surface area contributed by atoms with Gasteiger partial charge in [-0.3, -0.25) is 4.79 Å². The molecule has 5 nitrogen and oxygen atoms in total. The normalized spacial score (nSPS) is 16.2. The summed E-state index contributed by atoms with van der Waals surface area (Å²) in [5, 5.41) is 1.76. The smallest absolute Gasteiger partial charge is 0.250 e. The van der Waals surface area contributed by atoms with Gasteiger partial charge in [0, 0.05) is 25.6 Å². The number of carbonyl (C=O) groups is 1. The SMILES string of the molecule is CC(C)(C)c1ccc(CCC(=O)N2CCC(NS(=O)(=O)c3cccs3)CC2)cc1. The first-order valence-electron chi connectivity index (χ1n) is 10.1. The van der Waals surface area contributed by atoms with Gasteiger partial charge in [0.05, 0.1) is 0 Å². The predicted molar refractivity (Wildman–Crippen MR) is 118 cm³/mol. The lowest BCUT2D eigenvalue weighted by Gasteiger charge is -2.32.